The Balaban J connectivity index is 0.973. The molecule has 0 saturated heterocycles. The minimum absolute atomic E-state index is 0.0126. The first kappa shape index (κ1) is 36.1. The van der Waals surface area contributed by atoms with E-state index in [1.54, 1.807) is 0 Å². The lowest BCUT2D eigenvalue weighted by atomic mass is 9.48. The zero-order valence-corrected chi connectivity index (χ0v) is 35.2. The van der Waals surface area contributed by atoms with E-state index in [1.165, 1.54) is 66.8 Å². The quantitative estimate of drug-likeness (QED) is 0.166. The summed E-state index contributed by atoms with van der Waals surface area (Å²) in [4.78, 5) is 18.4. The molecule has 2 aliphatic carbocycles. The van der Waals surface area contributed by atoms with Crippen LogP contribution in [0.1, 0.15) is 22.3 Å². The van der Waals surface area contributed by atoms with Crippen molar-refractivity contribution in [2.45, 2.75) is 5.41 Å². The standard InChI is InChI=1S/C60H37BN4/c1-2-15-38(16-3-1)41-19-14-20-42(35-41)57-62-58(43-30-29-39-17-4-5-18-40(39)36-43)64-59(63-57)44-31-32-55-49(37-44)47-23-9-13-28-54(47)61-34-33-53-56(65(55)61)48-24-8-12-27-52(48)60(53)50-25-10-6-21-45(50)46-22-7-11-26-51(46)60/h1-37H. The minimum atomic E-state index is -0.435. The summed E-state index contributed by atoms with van der Waals surface area (Å²) < 4.78 is 0. The van der Waals surface area contributed by atoms with Crippen LogP contribution in [-0.4, -0.2) is 21.8 Å². The molecular formula is C60H37BN4. The molecule has 0 atom stereocenters. The van der Waals surface area contributed by atoms with E-state index in [0.29, 0.717) is 17.5 Å². The van der Waals surface area contributed by atoms with Gasteiger partial charge in [0.1, 0.15) is 0 Å². The molecular weight excluding hydrogens is 787 g/mol. The normalized spacial score (nSPS) is 14.4. The van der Waals surface area contributed by atoms with Crippen LogP contribution in [0.2, 0.25) is 0 Å². The topological polar surface area (TPSA) is 41.9 Å². The lowest BCUT2D eigenvalue weighted by molar-refractivity contribution is 0.785. The summed E-state index contributed by atoms with van der Waals surface area (Å²) in [5.74, 6) is 4.34. The molecule has 0 radical (unpaired) electrons. The zero-order valence-electron chi connectivity index (χ0n) is 35.2. The van der Waals surface area contributed by atoms with Gasteiger partial charge in [-0.05, 0) is 96.6 Å². The molecule has 4 aliphatic rings. The zero-order chi connectivity index (χ0) is 42.6. The first-order chi connectivity index (χ1) is 32.2. The second-order valence-corrected chi connectivity index (χ2v) is 17.5. The van der Waals surface area contributed by atoms with Crippen molar-refractivity contribution in [1.82, 2.24) is 15.0 Å². The molecule has 5 heteroatoms. The Morgan fingerprint density at radius 1 is 0.369 bits per heavy atom. The molecule has 0 bridgehead atoms. The molecule has 1 spiro atoms. The Kier molecular flexibility index (Phi) is 7.67. The molecule has 3 heterocycles. The molecule has 0 unspecified atom stereocenters. The molecule has 10 aromatic rings. The number of anilines is 1. The molecule has 4 nitrogen and oxygen atoms in total. The fourth-order valence-electron chi connectivity index (χ4n) is 11.4. The van der Waals surface area contributed by atoms with Crippen LogP contribution in [0.4, 0.5) is 5.69 Å². The minimum Gasteiger partial charge on any atom is -0.376 e. The highest BCUT2D eigenvalue weighted by Crippen LogP contribution is 2.64. The maximum atomic E-state index is 5.30. The lowest BCUT2D eigenvalue weighted by Crippen LogP contribution is -2.51. The van der Waals surface area contributed by atoms with Crippen LogP contribution >= 0.6 is 0 Å². The van der Waals surface area contributed by atoms with E-state index in [1.807, 2.05) is 6.07 Å². The van der Waals surface area contributed by atoms with Crippen LogP contribution < -0.4 is 10.3 Å². The van der Waals surface area contributed by atoms with Crippen LogP contribution in [0, 0.1) is 0 Å². The highest BCUT2D eigenvalue weighted by Gasteiger charge is 2.55. The van der Waals surface area contributed by atoms with Crippen molar-refractivity contribution in [2.75, 3.05) is 4.81 Å². The van der Waals surface area contributed by atoms with Gasteiger partial charge in [0.05, 0.1) is 5.41 Å². The molecule has 0 saturated carbocycles. The smallest absolute Gasteiger partial charge is 0.321 e. The summed E-state index contributed by atoms with van der Waals surface area (Å²) in [7, 11) is 0. The van der Waals surface area contributed by atoms with Gasteiger partial charge in [-0.1, -0.05) is 194 Å². The summed E-state index contributed by atoms with van der Waals surface area (Å²) in [6.45, 7) is 0.0126. The SMILES string of the molecule is C1=CC2=C(c3ccccc3C23c2ccccc2-c2ccccc23)N2B1c1ccccc1-c1cc(-c3nc(-c4cccc(-c5ccccc5)c4)nc(-c4ccc5ccccc5c4)n3)ccc12. The van der Waals surface area contributed by atoms with Crippen LogP contribution in [0.15, 0.2) is 230 Å². The molecule has 0 fully saturated rings. The van der Waals surface area contributed by atoms with Crippen LogP contribution in [0.3, 0.4) is 0 Å². The molecule has 14 rings (SSSR count). The van der Waals surface area contributed by atoms with E-state index in [2.05, 4.69) is 223 Å². The van der Waals surface area contributed by atoms with Crippen LogP contribution in [0.5, 0.6) is 0 Å². The second-order valence-electron chi connectivity index (χ2n) is 17.5. The number of nitrogens with zero attached hydrogens (tertiary/aromatic N) is 4. The van der Waals surface area contributed by atoms with E-state index in [-0.39, 0.29) is 6.85 Å². The predicted octanol–water partition coefficient (Wildman–Crippen LogP) is 13.2. The number of benzene rings is 9. The molecule has 0 amide bonds. The molecule has 2 aliphatic heterocycles. The van der Waals surface area contributed by atoms with Gasteiger partial charge >= 0.3 is 6.85 Å². The summed E-state index contributed by atoms with van der Waals surface area (Å²) in [5.41, 5.74) is 20.0. The number of hydrogen-bond donors (Lipinski definition) is 0. The third kappa shape index (κ3) is 5.18. The van der Waals surface area contributed by atoms with E-state index < -0.39 is 5.41 Å². The summed E-state index contributed by atoms with van der Waals surface area (Å²) in [6.07, 6.45) is 2.44. The molecule has 1 aromatic heterocycles. The van der Waals surface area contributed by atoms with Crippen LogP contribution in [0.25, 0.3) is 84.0 Å². The number of rotatable bonds is 4. The first-order valence-corrected chi connectivity index (χ1v) is 22.4. The van der Waals surface area contributed by atoms with Gasteiger partial charge in [-0.2, -0.15) is 0 Å². The first-order valence-electron chi connectivity index (χ1n) is 22.4. The number of hydrogen-bond acceptors (Lipinski definition) is 4. The van der Waals surface area contributed by atoms with E-state index in [4.69, 9.17) is 15.0 Å². The van der Waals surface area contributed by atoms with Crippen molar-refractivity contribution >= 4 is 34.5 Å². The van der Waals surface area contributed by atoms with Crippen molar-refractivity contribution in [2.24, 2.45) is 0 Å². The average molecular weight is 825 g/mol. The Morgan fingerprint density at radius 3 is 1.65 bits per heavy atom. The number of fused-ring (bicyclic) bond motifs is 17. The van der Waals surface area contributed by atoms with Crippen molar-refractivity contribution in [3.8, 4) is 67.5 Å². The average Bonchev–Trinajstić information content (AvgIpc) is 3.86. The van der Waals surface area contributed by atoms with Gasteiger partial charge in [0.2, 0.25) is 0 Å². The fourth-order valence-corrected chi connectivity index (χ4v) is 11.4. The third-order valence-electron chi connectivity index (χ3n) is 14.1. The van der Waals surface area contributed by atoms with Gasteiger partial charge in [-0.15, -0.1) is 0 Å². The fraction of sp³-hybridized carbons (Fsp3) is 0.0167. The summed E-state index contributed by atoms with van der Waals surface area (Å²) in [6, 6.07) is 76.8. The van der Waals surface area contributed by atoms with Gasteiger partial charge in [-0.25, -0.2) is 15.0 Å². The maximum Gasteiger partial charge on any atom is 0.321 e. The van der Waals surface area contributed by atoms with E-state index in [9.17, 15) is 0 Å². The largest absolute Gasteiger partial charge is 0.376 e. The molecule has 0 N–H and O–H groups in total. The van der Waals surface area contributed by atoms with Gasteiger partial charge in [0.15, 0.2) is 17.5 Å². The predicted molar refractivity (Wildman–Crippen MR) is 267 cm³/mol. The lowest BCUT2D eigenvalue weighted by Gasteiger charge is -2.42. The monoisotopic (exact) mass is 824 g/mol. The highest BCUT2D eigenvalue weighted by atomic mass is 15.1. The summed E-state index contributed by atoms with van der Waals surface area (Å²) >= 11 is 0. The number of allylic oxidation sites excluding steroid dienone is 2. The Hall–Kier alpha value is -8.41. The van der Waals surface area contributed by atoms with E-state index >= 15 is 0 Å². The van der Waals surface area contributed by atoms with Gasteiger partial charge < -0.3 is 4.81 Å². The van der Waals surface area contributed by atoms with Crippen molar-refractivity contribution in [3.05, 3.63) is 252 Å². The highest BCUT2D eigenvalue weighted by molar-refractivity contribution is 6.85. The molecule has 300 valence electrons. The Bertz CT molecular complexity index is 3650. The Labute approximate surface area is 377 Å². The summed E-state index contributed by atoms with van der Waals surface area (Å²) in [5, 5.41) is 2.32. The molecule has 9 aromatic carbocycles. The van der Waals surface area contributed by atoms with Gasteiger partial charge in [-0.3, -0.25) is 0 Å². The molecule has 65 heavy (non-hydrogen) atoms. The third-order valence-corrected chi connectivity index (χ3v) is 14.1. The van der Waals surface area contributed by atoms with Crippen LogP contribution in [-0.2, 0) is 5.41 Å². The Morgan fingerprint density at radius 2 is 0.908 bits per heavy atom. The maximum absolute atomic E-state index is 5.30. The van der Waals surface area contributed by atoms with Gasteiger partial charge in [0, 0.05) is 39.2 Å². The van der Waals surface area contributed by atoms with E-state index in [0.717, 1.165) is 38.8 Å². The van der Waals surface area contributed by atoms with Crippen molar-refractivity contribution < 1.29 is 0 Å². The van der Waals surface area contributed by atoms with Gasteiger partial charge in [0.25, 0.3) is 0 Å². The van der Waals surface area contributed by atoms with Crippen molar-refractivity contribution in [3.63, 3.8) is 0 Å². The number of aromatic nitrogens is 3. The van der Waals surface area contributed by atoms with Crippen molar-refractivity contribution in [1.29, 1.82) is 0 Å². The second kappa shape index (κ2) is 13.8.